The molecule has 3 heteroatoms. The number of carbonyl (C=O) groups is 1. The number of piperidine rings is 1. The van der Waals surface area contributed by atoms with Crippen LogP contribution < -0.4 is 10.6 Å². The highest BCUT2D eigenvalue weighted by atomic mass is 16.1. The van der Waals surface area contributed by atoms with Gasteiger partial charge in [-0.15, -0.1) is 0 Å². The predicted octanol–water partition coefficient (Wildman–Crippen LogP) is 1.82. The monoisotopic (exact) mass is 218 g/mol. The summed E-state index contributed by atoms with van der Waals surface area (Å²) in [5.74, 6) is 0.0128. The zero-order valence-corrected chi connectivity index (χ0v) is 9.48. The molecular formula is C13H18N2O. The van der Waals surface area contributed by atoms with Crippen LogP contribution in [0.3, 0.4) is 0 Å². The largest absolute Gasteiger partial charge is 0.372 e. The van der Waals surface area contributed by atoms with Gasteiger partial charge in [0.25, 0.3) is 0 Å². The van der Waals surface area contributed by atoms with Gasteiger partial charge in [-0.05, 0) is 31.4 Å². The summed E-state index contributed by atoms with van der Waals surface area (Å²) < 4.78 is 0. The summed E-state index contributed by atoms with van der Waals surface area (Å²) >= 11 is 0. The zero-order valence-electron chi connectivity index (χ0n) is 9.48. The van der Waals surface area contributed by atoms with Gasteiger partial charge in [-0.1, -0.05) is 12.1 Å². The summed E-state index contributed by atoms with van der Waals surface area (Å²) in [5, 5.41) is 0. The van der Waals surface area contributed by atoms with Crippen LogP contribution in [0.15, 0.2) is 24.3 Å². The van der Waals surface area contributed by atoms with Crippen LogP contribution in [0.4, 0.5) is 5.69 Å². The fourth-order valence-corrected chi connectivity index (χ4v) is 2.15. The quantitative estimate of drug-likeness (QED) is 0.787. The third-order valence-electron chi connectivity index (χ3n) is 3.07. The van der Waals surface area contributed by atoms with Gasteiger partial charge in [0.15, 0.2) is 5.78 Å². The third kappa shape index (κ3) is 2.42. The summed E-state index contributed by atoms with van der Waals surface area (Å²) in [4.78, 5) is 13.8. The molecule has 3 nitrogen and oxygen atoms in total. The van der Waals surface area contributed by atoms with Crippen LogP contribution in [-0.2, 0) is 0 Å². The second kappa shape index (κ2) is 5.12. The highest BCUT2D eigenvalue weighted by molar-refractivity contribution is 5.98. The number of carbonyl (C=O) groups excluding carboxylic acids is 1. The molecule has 1 heterocycles. The van der Waals surface area contributed by atoms with Gasteiger partial charge >= 0.3 is 0 Å². The van der Waals surface area contributed by atoms with E-state index < -0.39 is 0 Å². The Balaban J connectivity index is 2.17. The van der Waals surface area contributed by atoms with Crippen LogP contribution in [0.2, 0.25) is 0 Å². The molecule has 0 unspecified atom stereocenters. The highest BCUT2D eigenvalue weighted by Gasteiger charge is 2.12. The summed E-state index contributed by atoms with van der Waals surface area (Å²) in [7, 11) is 0. The predicted molar refractivity (Wildman–Crippen MR) is 65.9 cm³/mol. The lowest BCUT2D eigenvalue weighted by Crippen LogP contribution is -2.29. The number of benzene rings is 1. The minimum absolute atomic E-state index is 0.0128. The fraction of sp³-hybridized carbons (Fsp3) is 0.462. The first-order valence-corrected chi connectivity index (χ1v) is 5.89. The molecule has 1 aliphatic rings. The van der Waals surface area contributed by atoms with Gasteiger partial charge in [-0.25, -0.2) is 0 Å². The van der Waals surface area contributed by atoms with Crippen molar-refractivity contribution >= 4 is 11.5 Å². The number of hydrogen-bond acceptors (Lipinski definition) is 3. The van der Waals surface area contributed by atoms with Gasteiger partial charge in [-0.2, -0.15) is 0 Å². The maximum Gasteiger partial charge on any atom is 0.176 e. The molecule has 0 spiro atoms. The van der Waals surface area contributed by atoms with E-state index >= 15 is 0 Å². The van der Waals surface area contributed by atoms with Crippen molar-refractivity contribution in [1.29, 1.82) is 0 Å². The van der Waals surface area contributed by atoms with E-state index in [2.05, 4.69) is 11.0 Å². The molecule has 0 bridgehead atoms. The number of anilines is 1. The van der Waals surface area contributed by atoms with Crippen LogP contribution in [-0.4, -0.2) is 25.4 Å². The Labute approximate surface area is 96.2 Å². The van der Waals surface area contributed by atoms with Crippen molar-refractivity contribution in [3.8, 4) is 0 Å². The fourth-order valence-electron chi connectivity index (χ4n) is 2.15. The van der Waals surface area contributed by atoms with E-state index in [0.717, 1.165) is 24.3 Å². The second-order valence-corrected chi connectivity index (χ2v) is 4.23. The first-order chi connectivity index (χ1) is 7.81. The van der Waals surface area contributed by atoms with Crippen LogP contribution >= 0.6 is 0 Å². The average Bonchev–Trinajstić information content (AvgIpc) is 2.39. The Kier molecular flexibility index (Phi) is 3.57. The van der Waals surface area contributed by atoms with Crippen molar-refractivity contribution in [2.24, 2.45) is 5.73 Å². The maximum atomic E-state index is 11.5. The molecule has 16 heavy (non-hydrogen) atoms. The Morgan fingerprint density at radius 3 is 2.69 bits per heavy atom. The Bertz CT molecular complexity index is 370. The smallest absolute Gasteiger partial charge is 0.176 e. The molecule has 0 aromatic heterocycles. The minimum atomic E-state index is 0.0128. The summed E-state index contributed by atoms with van der Waals surface area (Å²) in [6, 6.07) is 7.80. The lowest BCUT2D eigenvalue weighted by Gasteiger charge is -2.29. The Hall–Kier alpha value is -1.35. The maximum absolute atomic E-state index is 11.5. The van der Waals surface area contributed by atoms with Gasteiger partial charge in [0.1, 0.15) is 0 Å². The Morgan fingerprint density at radius 1 is 1.25 bits per heavy atom. The number of hydrogen-bond donors (Lipinski definition) is 1. The number of Topliss-reactive ketones (excluding diaryl/α,β-unsaturated/α-hetero) is 1. The molecule has 2 N–H and O–H groups in total. The van der Waals surface area contributed by atoms with Crippen LogP contribution in [0.5, 0.6) is 0 Å². The van der Waals surface area contributed by atoms with E-state index in [4.69, 9.17) is 5.73 Å². The van der Waals surface area contributed by atoms with Gasteiger partial charge in [0, 0.05) is 24.3 Å². The van der Waals surface area contributed by atoms with E-state index in [1.165, 1.54) is 19.3 Å². The zero-order chi connectivity index (χ0) is 11.4. The van der Waals surface area contributed by atoms with Crippen LogP contribution in [0.25, 0.3) is 0 Å². The van der Waals surface area contributed by atoms with Crippen LogP contribution in [0, 0.1) is 0 Å². The molecule has 0 radical (unpaired) electrons. The number of nitrogens with zero attached hydrogens (tertiary/aromatic N) is 1. The van der Waals surface area contributed by atoms with E-state index in [1.54, 1.807) is 0 Å². The standard InChI is InChI=1S/C13H18N2O/c14-10-13(16)11-5-4-6-12(9-11)15-7-2-1-3-8-15/h4-6,9H,1-3,7-8,10,14H2. The first kappa shape index (κ1) is 11.1. The SMILES string of the molecule is NCC(=O)c1cccc(N2CCCCC2)c1. The topological polar surface area (TPSA) is 46.3 Å². The molecule has 0 amide bonds. The van der Waals surface area contributed by atoms with Gasteiger partial charge < -0.3 is 10.6 Å². The average molecular weight is 218 g/mol. The molecule has 1 fully saturated rings. The normalized spacial score (nSPS) is 16.2. The highest BCUT2D eigenvalue weighted by Crippen LogP contribution is 2.20. The third-order valence-corrected chi connectivity index (χ3v) is 3.07. The van der Waals surface area contributed by atoms with Crippen LogP contribution in [0.1, 0.15) is 29.6 Å². The number of ketones is 1. The van der Waals surface area contributed by atoms with E-state index in [9.17, 15) is 4.79 Å². The lowest BCUT2D eigenvalue weighted by atomic mass is 10.1. The van der Waals surface area contributed by atoms with Gasteiger partial charge in [0.05, 0.1) is 6.54 Å². The van der Waals surface area contributed by atoms with Crippen molar-refractivity contribution in [3.05, 3.63) is 29.8 Å². The van der Waals surface area contributed by atoms with E-state index in [0.29, 0.717) is 0 Å². The molecule has 1 aromatic rings. The van der Waals surface area contributed by atoms with E-state index in [-0.39, 0.29) is 12.3 Å². The second-order valence-electron chi connectivity index (χ2n) is 4.23. The summed E-state index contributed by atoms with van der Waals surface area (Å²) in [5.41, 5.74) is 7.25. The first-order valence-electron chi connectivity index (χ1n) is 5.89. The van der Waals surface area contributed by atoms with Crippen molar-refractivity contribution in [1.82, 2.24) is 0 Å². The molecule has 1 aliphatic heterocycles. The van der Waals surface area contributed by atoms with Crippen molar-refractivity contribution in [3.63, 3.8) is 0 Å². The molecule has 0 aliphatic carbocycles. The molecule has 86 valence electrons. The molecule has 1 aromatic carbocycles. The summed E-state index contributed by atoms with van der Waals surface area (Å²) in [6.45, 7) is 2.28. The van der Waals surface area contributed by atoms with Crippen molar-refractivity contribution in [2.75, 3.05) is 24.5 Å². The molecule has 2 rings (SSSR count). The summed E-state index contributed by atoms with van der Waals surface area (Å²) in [6.07, 6.45) is 3.81. The van der Waals surface area contributed by atoms with Gasteiger partial charge in [0.2, 0.25) is 0 Å². The molecule has 0 atom stereocenters. The van der Waals surface area contributed by atoms with E-state index in [1.807, 2.05) is 18.2 Å². The minimum Gasteiger partial charge on any atom is -0.372 e. The Morgan fingerprint density at radius 2 is 2.00 bits per heavy atom. The molecule has 0 saturated carbocycles. The van der Waals surface area contributed by atoms with Crippen molar-refractivity contribution < 1.29 is 4.79 Å². The lowest BCUT2D eigenvalue weighted by molar-refractivity contribution is 0.100. The van der Waals surface area contributed by atoms with Gasteiger partial charge in [-0.3, -0.25) is 4.79 Å². The molecular weight excluding hydrogens is 200 g/mol. The number of rotatable bonds is 3. The molecule has 1 saturated heterocycles. The van der Waals surface area contributed by atoms with Crippen molar-refractivity contribution in [2.45, 2.75) is 19.3 Å². The number of nitrogens with two attached hydrogens (primary N) is 1.